The Morgan fingerprint density at radius 3 is 2.44 bits per heavy atom. The third-order valence-electron chi connectivity index (χ3n) is 3.14. The van der Waals surface area contributed by atoms with E-state index >= 15 is 0 Å². The molecule has 0 spiro atoms. The zero-order valence-corrected chi connectivity index (χ0v) is 10.8. The third kappa shape index (κ3) is 2.43. The van der Waals surface area contributed by atoms with Crippen LogP contribution in [0.15, 0.2) is 24.3 Å². The number of amides is 2. The van der Waals surface area contributed by atoms with Crippen molar-refractivity contribution in [1.29, 1.82) is 0 Å². The van der Waals surface area contributed by atoms with Gasteiger partial charge in [-0.05, 0) is 24.6 Å². The molecule has 0 atom stereocenters. The lowest BCUT2D eigenvalue weighted by atomic mass is 9.96. The Labute approximate surface area is 107 Å². The lowest BCUT2D eigenvalue weighted by Crippen LogP contribution is -2.43. The number of para-hydroxylation sites is 1. The number of anilines is 1. The van der Waals surface area contributed by atoms with Crippen molar-refractivity contribution in [3.63, 3.8) is 0 Å². The summed E-state index contributed by atoms with van der Waals surface area (Å²) in [5, 5.41) is 3.05. The first-order valence-electron chi connectivity index (χ1n) is 6.21. The van der Waals surface area contributed by atoms with Gasteiger partial charge < -0.3 is 5.32 Å². The molecule has 1 aromatic rings. The second-order valence-electron chi connectivity index (χ2n) is 4.80. The monoisotopic (exact) mass is 246 g/mol. The van der Waals surface area contributed by atoms with E-state index in [2.05, 4.69) is 5.32 Å². The van der Waals surface area contributed by atoms with Gasteiger partial charge >= 0.3 is 0 Å². The highest BCUT2D eigenvalue weighted by Gasteiger charge is 2.32. The van der Waals surface area contributed by atoms with Gasteiger partial charge in [0.15, 0.2) is 0 Å². The molecule has 0 unspecified atom stereocenters. The summed E-state index contributed by atoms with van der Waals surface area (Å²) in [5.74, 6) is -0.0395. The molecule has 0 aromatic heterocycles. The maximum Gasteiger partial charge on any atom is 0.234 e. The summed E-state index contributed by atoms with van der Waals surface area (Å²) in [6.45, 7) is 2.58. The van der Waals surface area contributed by atoms with Crippen molar-refractivity contribution in [2.24, 2.45) is 5.92 Å². The van der Waals surface area contributed by atoms with Crippen LogP contribution in [0.4, 0.5) is 5.69 Å². The molecule has 1 aliphatic rings. The van der Waals surface area contributed by atoms with Crippen LogP contribution in [-0.2, 0) is 16.1 Å². The predicted molar refractivity (Wildman–Crippen MR) is 70.1 cm³/mol. The molecule has 4 nitrogen and oxygen atoms in total. The third-order valence-corrected chi connectivity index (χ3v) is 3.14. The van der Waals surface area contributed by atoms with Gasteiger partial charge in [0.2, 0.25) is 11.8 Å². The Kier molecular flexibility index (Phi) is 3.77. The predicted octanol–water partition coefficient (Wildman–Crippen LogP) is 1.70. The number of imide groups is 1. The van der Waals surface area contributed by atoms with Crippen LogP contribution >= 0.6 is 0 Å². The van der Waals surface area contributed by atoms with E-state index in [0.29, 0.717) is 25.1 Å². The number of benzene rings is 1. The number of nitrogens with one attached hydrogen (secondary N) is 1. The van der Waals surface area contributed by atoms with Crippen molar-refractivity contribution >= 4 is 17.5 Å². The Bertz CT molecular complexity index is 453. The molecule has 1 saturated heterocycles. The maximum atomic E-state index is 12.1. The van der Waals surface area contributed by atoms with Gasteiger partial charge in [-0.2, -0.15) is 0 Å². The minimum atomic E-state index is -0.0951. The molecular formula is C14H18N2O2. The molecule has 0 aliphatic carbocycles. The molecule has 1 heterocycles. The quantitative estimate of drug-likeness (QED) is 0.826. The summed E-state index contributed by atoms with van der Waals surface area (Å²) in [4.78, 5) is 25.5. The fraction of sp³-hybridized carbons (Fsp3) is 0.429. The van der Waals surface area contributed by atoms with E-state index in [4.69, 9.17) is 0 Å². The van der Waals surface area contributed by atoms with Crippen LogP contribution in [0.3, 0.4) is 0 Å². The molecule has 0 saturated carbocycles. The average Bonchev–Trinajstić information content (AvgIpc) is 2.30. The molecule has 18 heavy (non-hydrogen) atoms. The van der Waals surface area contributed by atoms with Crippen LogP contribution in [0.1, 0.15) is 25.3 Å². The van der Waals surface area contributed by atoms with Crippen LogP contribution in [0, 0.1) is 5.92 Å². The fourth-order valence-corrected chi connectivity index (χ4v) is 2.33. The molecule has 2 amide bonds. The number of rotatable bonds is 3. The average molecular weight is 246 g/mol. The smallest absolute Gasteiger partial charge is 0.234 e. The number of nitrogens with zero attached hydrogens (tertiary/aromatic N) is 1. The first kappa shape index (κ1) is 12.8. The van der Waals surface area contributed by atoms with Crippen molar-refractivity contribution in [1.82, 2.24) is 5.32 Å². The van der Waals surface area contributed by atoms with Crippen molar-refractivity contribution in [2.75, 3.05) is 11.9 Å². The zero-order valence-electron chi connectivity index (χ0n) is 10.8. The van der Waals surface area contributed by atoms with Crippen LogP contribution < -0.4 is 10.2 Å². The highest BCUT2D eigenvalue weighted by atomic mass is 16.2. The summed E-state index contributed by atoms with van der Waals surface area (Å²) in [5.41, 5.74) is 1.69. The molecule has 0 radical (unpaired) electrons. The zero-order chi connectivity index (χ0) is 13.1. The lowest BCUT2D eigenvalue weighted by molar-refractivity contribution is -0.130. The normalized spacial score (nSPS) is 17.3. The molecule has 1 aromatic carbocycles. The van der Waals surface area contributed by atoms with E-state index in [1.165, 1.54) is 4.90 Å². The van der Waals surface area contributed by atoms with E-state index in [9.17, 15) is 9.59 Å². The van der Waals surface area contributed by atoms with Crippen LogP contribution in [0.5, 0.6) is 0 Å². The fourth-order valence-electron chi connectivity index (χ4n) is 2.33. The number of carbonyl (C=O) groups is 2. The molecule has 4 heteroatoms. The van der Waals surface area contributed by atoms with Crippen LogP contribution in [0.2, 0.25) is 0 Å². The van der Waals surface area contributed by atoms with Gasteiger partial charge in [0.05, 0.1) is 5.69 Å². The van der Waals surface area contributed by atoms with Gasteiger partial charge in [-0.15, -0.1) is 0 Å². The van der Waals surface area contributed by atoms with E-state index in [0.717, 1.165) is 5.56 Å². The molecule has 0 bridgehead atoms. The van der Waals surface area contributed by atoms with Crippen molar-refractivity contribution in [2.45, 2.75) is 26.3 Å². The Morgan fingerprint density at radius 1 is 1.22 bits per heavy atom. The first-order chi connectivity index (χ1) is 8.63. The van der Waals surface area contributed by atoms with Crippen molar-refractivity contribution in [3.8, 4) is 0 Å². The second-order valence-corrected chi connectivity index (χ2v) is 4.80. The Hall–Kier alpha value is -1.68. The number of carbonyl (C=O) groups excluding carboxylic acids is 2. The molecule has 1 N–H and O–H groups in total. The first-order valence-corrected chi connectivity index (χ1v) is 6.21. The van der Waals surface area contributed by atoms with E-state index < -0.39 is 0 Å². The summed E-state index contributed by atoms with van der Waals surface area (Å²) in [7, 11) is 1.85. The van der Waals surface area contributed by atoms with E-state index in [1.54, 1.807) is 0 Å². The van der Waals surface area contributed by atoms with Crippen LogP contribution in [0.25, 0.3) is 0 Å². The van der Waals surface area contributed by atoms with Crippen molar-refractivity contribution < 1.29 is 9.59 Å². The summed E-state index contributed by atoms with van der Waals surface area (Å²) in [6.07, 6.45) is 0.888. The second kappa shape index (κ2) is 5.31. The van der Waals surface area contributed by atoms with Gasteiger partial charge in [0.1, 0.15) is 0 Å². The minimum Gasteiger partial charge on any atom is -0.316 e. The Balaban J connectivity index is 2.35. The van der Waals surface area contributed by atoms with Gasteiger partial charge in [-0.25, -0.2) is 0 Å². The van der Waals surface area contributed by atoms with Gasteiger partial charge in [-0.1, -0.05) is 25.1 Å². The Morgan fingerprint density at radius 2 is 1.83 bits per heavy atom. The summed E-state index contributed by atoms with van der Waals surface area (Å²) < 4.78 is 0. The topological polar surface area (TPSA) is 49.4 Å². The SMILES string of the molecule is CNCc1ccccc1N1C(=O)CC(C)CC1=O. The van der Waals surface area contributed by atoms with Gasteiger partial charge in [0, 0.05) is 19.4 Å². The highest BCUT2D eigenvalue weighted by molar-refractivity contribution is 6.16. The number of hydrogen-bond acceptors (Lipinski definition) is 3. The number of piperidine rings is 1. The lowest BCUT2D eigenvalue weighted by Gasteiger charge is -2.29. The largest absolute Gasteiger partial charge is 0.316 e. The molecule has 1 fully saturated rings. The highest BCUT2D eigenvalue weighted by Crippen LogP contribution is 2.27. The molecular weight excluding hydrogens is 228 g/mol. The van der Waals surface area contributed by atoms with Crippen LogP contribution in [-0.4, -0.2) is 18.9 Å². The van der Waals surface area contributed by atoms with Gasteiger partial charge in [-0.3, -0.25) is 14.5 Å². The molecule has 2 rings (SSSR count). The summed E-state index contributed by atoms with van der Waals surface area (Å²) in [6, 6.07) is 7.54. The molecule has 96 valence electrons. The van der Waals surface area contributed by atoms with E-state index in [-0.39, 0.29) is 17.7 Å². The van der Waals surface area contributed by atoms with Crippen molar-refractivity contribution in [3.05, 3.63) is 29.8 Å². The summed E-state index contributed by atoms with van der Waals surface area (Å²) >= 11 is 0. The van der Waals surface area contributed by atoms with Gasteiger partial charge in [0.25, 0.3) is 0 Å². The molecule has 1 aliphatic heterocycles. The number of hydrogen-bond donors (Lipinski definition) is 1. The van der Waals surface area contributed by atoms with E-state index in [1.807, 2.05) is 38.2 Å². The minimum absolute atomic E-state index is 0.0951. The standard InChI is InChI=1S/C14H18N2O2/c1-10-7-13(17)16(14(18)8-10)12-6-4-3-5-11(12)9-15-2/h3-6,10,15H,7-9H2,1-2H3. The maximum absolute atomic E-state index is 12.1.